The molecule has 0 radical (unpaired) electrons. The molecule has 22 heavy (non-hydrogen) atoms. The van der Waals surface area contributed by atoms with Crippen LogP contribution in [0.4, 0.5) is 0 Å². The maximum atomic E-state index is 9.59. The van der Waals surface area contributed by atoms with E-state index in [2.05, 4.69) is 40.3 Å². The van der Waals surface area contributed by atoms with Crippen molar-refractivity contribution in [3.63, 3.8) is 0 Å². The standard InChI is InChI=1S/C18H18N4/c1-3-8-18(2,12-19)14-6-4-5-13(10-14)15-7-9-20-17-16(15)11-21-22-17/h4-7,9-11H,3,8H2,1-2H3,(H,20,21,22). The van der Waals surface area contributed by atoms with Crippen LogP contribution in [0.5, 0.6) is 0 Å². The van der Waals surface area contributed by atoms with Crippen molar-refractivity contribution in [3.05, 3.63) is 48.3 Å². The molecule has 1 unspecified atom stereocenters. The van der Waals surface area contributed by atoms with E-state index in [1.807, 2.05) is 25.1 Å². The minimum Gasteiger partial charge on any atom is -0.261 e. The van der Waals surface area contributed by atoms with Crippen LogP contribution in [0.1, 0.15) is 32.3 Å². The molecule has 3 rings (SSSR count). The first-order valence-corrected chi connectivity index (χ1v) is 7.48. The van der Waals surface area contributed by atoms with Crippen LogP contribution < -0.4 is 0 Å². The number of fused-ring (bicyclic) bond motifs is 1. The fraction of sp³-hybridized carbons (Fsp3) is 0.278. The number of nitrogens with zero attached hydrogens (tertiary/aromatic N) is 3. The highest BCUT2D eigenvalue weighted by Crippen LogP contribution is 2.33. The van der Waals surface area contributed by atoms with E-state index in [1.54, 1.807) is 12.4 Å². The molecule has 1 N–H and O–H groups in total. The van der Waals surface area contributed by atoms with Crippen LogP contribution >= 0.6 is 0 Å². The minimum absolute atomic E-state index is 0.451. The van der Waals surface area contributed by atoms with Crippen molar-refractivity contribution >= 4 is 11.0 Å². The molecular formula is C18H18N4. The second kappa shape index (κ2) is 5.61. The number of hydrogen-bond donors (Lipinski definition) is 1. The molecule has 2 aromatic heterocycles. The molecule has 0 saturated carbocycles. The van der Waals surface area contributed by atoms with Crippen molar-refractivity contribution in [3.8, 4) is 17.2 Å². The van der Waals surface area contributed by atoms with Gasteiger partial charge < -0.3 is 0 Å². The summed E-state index contributed by atoms with van der Waals surface area (Å²) in [4.78, 5) is 4.27. The monoisotopic (exact) mass is 290 g/mol. The lowest BCUT2D eigenvalue weighted by molar-refractivity contribution is 0.544. The van der Waals surface area contributed by atoms with Crippen molar-refractivity contribution in [2.45, 2.75) is 32.1 Å². The van der Waals surface area contributed by atoms with E-state index in [0.717, 1.165) is 40.6 Å². The minimum atomic E-state index is -0.451. The lowest BCUT2D eigenvalue weighted by Gasteiger charge is -2.22. The molecule has 4 nitrogen and oxygen atoms in total. The first kappa shape index (κ1) is 14.3. The van der Waals surface area contributed by atoms with Crippen LogP contribution in [0.25, 0.3) is 22.2 Å². The lowest BCUT2D eigenvalue weighted by Crippen LogP contribution is -2.19. The quantitative estimate of drug-likeness (QED) is 0.783. The van der Waals surface area contributed by atoms with E-state index in [4.69, 9.17) is 0 Å². The fourth-order valence-electron chi connectivity index (χ4n) is 2.90. The number of aromatic nitrogens is 3. The summed E-state index contributed by atoms with van der Waals surface area (Å²) in [5.74, 6) is 0. The Hall–Kier alpha value is -2.67. The van der Waals surface area contributed by atoms with Gasteiger partial charge in [0.15, 0.2) is 5.65 Å². The normalized spacial score (nSPS) is 13.7. The molecule has 3 aromatic rings. The van der Waals surface area contributed by atoms with Crippen LogP contribution in [0.15, 0.2) is 42.7 Å². The van der Waals surface area contributed by atoms with Gasteiger partial charge >= 0.3 is 0 Å². The predicted octanol–water partition coefficient (Wildman–Crippen LogP) is 4.21. The second-order valence-electron chi connectivity index (χ2n) is 5.77. The zero-order valence-corrected chi connectivity index (χ0v) is 12.8. The smallest absolute Gasteiger partial charge is 0.155 e. The number of hydrogen-bond acceptors (Lipinski definition) is 3. The highest BCUT2D eigenvalue weighted by atomic mass is 15.1. The average molecular weight is 290 g/mol. The fourth-order valence-corrected chi connectivity index (χ4v) is 2.90. The Morgan fingerprint density at radius 2 is 2.18 bits per heavy atom. The predicted molar refractivity (Wildman–Crippen MR) is 87.2 cm³/mol. The first-order valence-electron chi connectivity index (χ1n) is 7.48. The van der Waals surface area contributed by atoms with Crippen LogP contribution in [0, 0.1) is 11.3 Å². The van der Waals surface area contributed by atoms with Gasteiger partial charge in [0.2, 0.25) is 0 Å². The van der Waals surface area contributed by atoms with Crippen molar-refractivity contribution in [2.75, 3.05) is 0 Å². The molecule has 2 heterocycles. The Balaban J connectivity index is 2.12. The maximum Gasteiger partial charge on any atom is 0.155 e. The van der Waals surface area contributed by atoms with Crippen LogP contribution in [0.2, 0.25) is 0 Å². The highest BCUT2D eigenvalue weighted by molar-refractivity contribution is 5.92. The van der Waals surface area contributed by atoms with Gasteiger partial charge in [-0.3, -0.25) is 5.10 Å². The molecule has 4 heteroatoms. The van der Waals surface area contributed by atoms with E-state index in [9.17, 15) is 5.26 Å². The molecule has 0 saturated heterocycles. The van der Waals surface area contributed by atoms with Crippen molar-refractivity contribution < 1.29 is 0 Å². The number of H-pyrrole nitrogens is 1. The van der Waals surface area contributed by atoms with E-state index in [0.29, 0.717) is 0 Å². The Kier molecular flexibility index (Phi) is 3.64. The number of pyridine rings is 1. The summed E-state index contributed by atoms with van der Waals surface area (Å²) in [6.45, 7) is 4.12. The molecule has 0 amide bonds. The second-order valence-corrected chi connectivity index (χ2v) is 5.77. The molecule has 1 atom stereocenters. The number of nitrogens with one attached hydrogen (secondary N) is 1. The largest absolute Gasteiger partial charge is 0.261 e. The van der Waals surface area contributed by atoms with E-state index in [1.165, 1.54) is 0 Å². The zero-order valence-electron chi connectivity index (χ0n) is 12.8. The van der Waals surface area contributed by atoms with Gasteiger partial charge in [0.05, 0.1) is 17.7 Å². The highest BCUT2D eigenvalue weighted by Gasteiger charge is 2.25. The molecule has 0 aliphatic carbocycles. The van der Waals surface area contributed by atoms with Crippen molar-refractivity contribution in [2.24, 2.45) is 0 Å². The van der Waals surface area contributed by atoms with Crippen molar-refractivity contribution in [1.29, 1.82) is 5.26 Å². The van der Waals surface area contributed by atoms with Gasteiger partial charge in [0, 0.05) is 11.6 Å². The average Bonchev–Trinajstić information content (AvgIpc) is 3.03. The number of aromatic amines is 1. The molecule has 1 aromatic carbocycles. The third-order valence-corrected chi connectivity index (χ3v) is 4.16. The summed E-state index contributed by atoms with van der Waals surface area (Å²) in [5, 5.41) is 17.5. The summed E-state index contributed by atoms with van der Waals surface area (Å²) in [5.41, 5.74) is 3.55. The SMILES string of the molecule is CCCC(C)(C#N)c1cccc(-c2ccnc3[nH]ncc23)c1. The molecule has 0 aliphatic heterocycles. The Morgan fingerprint density at radius 3 is 2.95 bits per heavy atom. The first-order chi connectivity index (χ1) is 10.7. The van der Waals surface area contributed by atoms with E-state index in [-0.39, 0.29) is 0 Å². The third-order valence-electron chi connectivity index (χ3n) is 4.16. The Morgan fingerprint density at radius 1 is 1.32 bits per heavy atom. The van der Waals surface area contributed by atoms with Gasteiger partial charge in [-0.05, 0) is 42.2 Å². The summed E-state index contributed by atoms with van der Waals surface area (Å²) < 4.78 is 0. The summed E-state index contributed by atoms with van der Waals surface area (Å²) in [6.07, 6.45) is 5.40. The van der Waals surface area contributed by atoms with Gasteiger partial charge in [-0.15, -0.1) is 0 Å². The zero-order chi connectivity index (χ0) is 15.6. The van der Waals surface area contributed by atoms with Crippen LogP contribution in [0.3, 0.4) is 0 Å². The van der Waals surface area contributed by atoms with E-state index < -0.39 is 5.41 Å². The molecule has 0 spiro atoms. The van der Waals surface area contributed by atoms with E-state index >= 15 is 0 Å². The summed E-state index contributed by atoms with van der Waals surface area (Å²) >= 11 is 0. The molecular weight excluding hydrogens is 272 g/mol. The van der Waals surface area contributed by atoms with Crippen LogP contribution in [-0.2, 0) is 5.41 Å². The Bertz CT molecular complexity index is 843. The molecule has 0 fully saturated rings. The van der Waals surface area contributed by atoms with Gasteiger partial charge in [-0.25, -0.2) is 4.98 Å². The summed E-state index contributed by atoms with van der Waals surface area (Å²) in [7, 11) is 0. The van der Waals surface area contributed by atoms with Gasteiger partial charge in [0.25, 0.3) is 0 Å². The molecule has 110 valence electrons. The molecule has 0 aliphatic rings. The topological polar surface area (TPSA) is 65.4 Å². The van der Waals surface area contributed by atoms with Crippen LogP contribution in [-0.4, -0.2) is 15.2 Å². The summed E-state index contributed by atoms with van der Waals surface area (Å²) in [6, 6.07) is 12.7. The van der Waals surface area contributed by atoms with Gasteiger partial charge in [0.1, 0.15) is 0 Å². The van der Waals surface area contributed by atoms with Gasteiger partial charge in [-0.1, -0.05) is 31.5 Å². The van der Waals surface area contributed by atoms with Gasteiger partial charge in [-0.2, -0.15) is 10.4 Å². The third kappa shape index (κ3) is 2.35. The maximum absolute atomic E-state index is 9.59. The number of nitriles is 1. The number of benzene rings is 1. The molecule has 0 bridgehead atoms. The Labute approximate surface area is 129 Å². The number of rotatable bonds is 4. The lowest BCUT2D eigenvalue weighted by atomic mass is 9.79. The van der Waals surface area contributed by atoms with Crippen molar-refractivity contribution in [1.82, 2.24) is 15.2 Å².